The largest absolute Gasteiger partial charge is 0.438 e. The molecule has 4 nitrogen and oxygen atoms in total. The number of nitrogens with zero attached hydrogens (tertiary/aromatic N) is 2. The molecule has 19 heavy (non-hydrogen) atoms. The molecule has 7 heteroatoms. The van der Waals surface area contributed by atoms with E-state index in [9.17, 15) is 0 Å². The van der Waals surface area contributed by atoms with Crippen LogP contribution in [-0.4, -0.2) is 16.5 Å². The van der Waals surface area contributed by atoms with Crippen LogP contribution in [0.5, 0.6) is 11.6 Å². The maximum atomic E-state index is 5.93. The van der Waals surface area contributed by atoms with Gasteiger partial charge in [0.1, 0.15) is 22.4 Å². The Labute approximate surface area is 129 Å². The lowest BCUT2D eigenvalue weighted by atomic mass is 10.3. The summed E-state index contributed by atoms with van der Waals surface area (Å²) in [6.45, 7) is 2.73. The van der Waals surface area contributed by atoms with Crippen LogP contribution in [0, 0.1) is 0 Å². The van der Waals surface area contributed by atoms with Crippen LogP contribution in [0.3, 0.4) is 0 Å². The van der Waals surface area contributed by atoms with E-state index in [4.69, 9.17) is 27.9 Å². The van der Waals surface area contributed by atoms with Gasteiger partial charge < -0.3 is 10.1 Å². The molecule has 0 radical (unpaired) electrons. The number of anilines is 1. The highest BCUT2D eigenvalue weighted by atomic mass is 79.9. The minimum Gasteiger partial charge on any atom is -0.438 e. The average molecular weight is 363 g/mol. The molecule has 1 aromatic carbocycles. The number of aromatic nitrogens is 2. The van der Waals surface area contributed by atoms with E-state index in [1.807, 2.05) is 6.92 Å². The van der Waals surface area contributed by atoms with Crippen LogP contribution in [0.25, 0.3) is 0 Å². The fourth-order valence-electron chi connectivity index (χ4n) is 1.37. The second kappa shape index (κ2) is 6.41. The lowest BCUT2D eigenvalue weighted by Crippen LogP contribution is -2.02. The van der Waals surface area contributed by atoms with Gasteiger partial charge in [-0.25, -0.2) is 9.97 Å². The molecule has 2 aromatic rings. The molecule has 1 N–H and O–H groups in total. The quantitative estimate of drug-likeness (QED) is 0.850. The summed E-state index contributed by atoms with van der Waals surface area (Å²) in [5.74, 6) is 1.63. The summed E-state index contributed by atoms with van der Waals surface area (Å²) >= 11 is 15.2. The van der Waals surface area contributed by atoms with E-state index in [0.29, 0.717) is 32.0 Å². The highest BCUT2D eigenvalue weighted by Crippen LogP contribution is 2.34. The van der Waals surface area contributed by atoms with E-state index in [1.54, 1.807) is 18.2 Å². The van der Waals surface area contributed by atoms with E-state index in [0.717, 1.165) is 6.54 Å². The van der Waals surface area contributed by atoms with Gasteiger partial charge in [-0.3, -0.25) is 0 Å². The summed E-state index contributed by atoms with van der Waals surface area (Å²) < 4.78 is 6.31. The van der Waals surface area contributed by atoms with Gasteiger partial charge in [0.05, 0.1) is 10.0 Å². The zero-order valence-corrected chi connectivity index (χ0v) is 13.1. The number of hydrogen-bond acceptors (Lipinski definition) is 4. The van der Waals surface area contributed by atoms with Crippen molar-refractivity contribution in [3.8, 4) is 11.6 Å². The lowest BCUT2D eigenvalue weighted by molar-refractivity contribution is 0.458. The molecular formula is C12H10BrCl2N3O. The molecule has 0 saturated heterocycles. The predicted octanol–water partition coefficient (Wildman–Crippen LogP) is 4.77. The fourth-order valence-corrected chi connectivity index (χ4v) is 2.08. The smallest absolute Gasteiger partial charge is 0.238 e. The molecule has 0 fully saturated rings. The van der Waals surface area contributed by atoms with Gasteiger partial charge in [-0.15, -0.1) is 0 Å². The van der Waals surface area contributed by atoms with Crippen molar-refractivity contribution in [2.24, 2.45) is 0 Å². The Morgan fingerprint density at radius 1 is 1.26 bits per heavy atom. The van der Waals surface area contributed by atoms with E-state index in [2.05, 4.69) is 31.2 Å². The second-order valence-electron chi connectivity index (χ2n) is 3.55. The molecule has 2 rings (SSSR count). The van der Waals surface area contributed by atoms with E-state index >= 15 is 0 Å². The molecule has 0 atom stereocenters. The molecule has 0 aliphatic heterocycles. The second-order valence-corrected chi connectivity index (χ2v) is 5.16. The number of ether oxygens (including phenoxy) is 1. The standard InChI is InChI=1S/C12H10BrCl2N3O/c1-2-16-11-10(13)12(18-6-17-11)19-7-3-4-8(14)9(15)5-7/h3-6H,2H2,1H3,(H,16,17,18). The third kappa shape index (κ3) is 3.49. The summed E-state index contributed by atoms with van der Waals surface area (Å²) in [6.07, 6.45) is 1.43. The van der Waals surface area contributed by atoms with Crippen molar-refractivity contribution in [2.45, 2.75) is 6.92 Å². The minimum atomic E-state index is 0.407. The zero-order valence-electron chi connectivity index (χ0n) is 9.95. The SMILES string of the molecule is CCNc1ncnc(Oc2ccc(Cl)c(Cl)c2)c1Br. The summed E-state index contributed by atoms with van der Waals surface area (Å²) in [5.41, 5.74) is 0. The van der Waals surface area contributed by atoms with Crippen LogP contribution in [-0.2, 0) is 0 Å². The van der Waals surface area contributed by atoms with Gasteiger partial charge in [0.2, 0.25) is 5.88 Å². The molecule has 0 aliphatic carbocycles. The number of hydrogen-bond donors (Lipinski definition) is 1. The molecule has 0 unspecified atom stereocenters. The van der Waals surface area contributed by atoms with Crippen molar-refractivity contribution < 1.29 is 4.74 Å². The molecule has 0 spiro atoms. The van der Waals surface area contributed by atoms with Gasteiger partial charge in [0.15, 0.2) is 0 Å². The Morgan fingerprint density at radius 2 is 2.05 bits per heavy atom. The van der Waals surface area contributed by atoms with Gasteiger partial charge >= 0.3 is 0 Å². The first kappa shape index (κ1) is 14.4. The predicted molar refractivity (Wildman–Crippen MR) is 80.4 cm³/mol. The number of benzene rings is 1. The van der Waals surface area contributed by atoms with Crippen molar-refractivity contribution in [3.05, 3.63) is 39.0 Å². The zero-order chi connectivity index (χ0) is 13.8. The van der Waals surface area contributed by atoms with Crippen LogP contribution in [0.2, 0.25) is 10.0 Å². The Hall–Kier alpha value is -1.04. The summed E-state index contributed by atoms with van der Waals surface area (Å²) in [4.78, 5) is 8.18. The number of nitrogens with one attached hydrogen (secondary N) is 1. The molecule has 0 aliphatic rings. The van der Waals surface area contributed by atoms with Crippen LogP contribution < -0.4 is 10.1 Å². The summed E-state index contributed by atoms with van der Waals surface area (Å²) in [7, 11) is 0. The molecular weight excluding hydrogens is 353 g/mol. The molecule has 0 amide bonds. The monoisotopic (exact) mass is 361 g/mol. The maximum absolute atomic E-state index is 5.93. The maximum Gasteiger partial charge on any atom is 0.238 e. The Morgan fingerprint density at radius 3 is 2.74 bits per heavy atom. The lowest BCUT2D eigenvalue weighted by Gasteiger charge is -2.10. The van der Waals surface area contributed by atoms with Crippen molar-refractivity contribution in [2.75, 3.05) is 11.9 Å². The minimum absolute atomic E-state index is 0.407. The van der Waals surface area contributed by atoms with Crippen molar-refractivity contribution in [1.29, 1.82) is 0 Å². The van der Waals surface area contributed by atoms with Gasteiger partial charge in [0, 0.05) is 12.6 Å². The van der Waals surface area contributed by atoms with E-state index < -0.39 is 0 Å². The first-order valence-corrected chi connectivity index (χ1v) is 7.04. The van der Waals surface area contributed by atoms with Crippen LogP contribution in [0.15, 0.2) is 29.0 Å². The van der Waals surface area contributed by atoms with Crippen LogP contribution >= 0.6 is 39.1 Å². The van der Waals surface area contributed by atoms with Gasteiger partial charge in [0.25, 0.3) is 0 Å². The van der Waals surface area contributed by atoms with Crippen molar-refractivity contribution in [1.82, 2.24) is 9.97 Å². The normalized spacial score (nSPS) is 10.3. The third-order valence-electron chi connectivity index (χ3n) is 2.21. The molecule has 0 saturated carbocycles. The van der Waals surface area contributed by atoms with Crippen molar-refractivity contribution >= 4 is 44.9 Å². The molecule has 0 bridgehead atoms. The highest BCUT2D eigenvalue weighted by molar-refractivity contribution is 9.10. The van der Waals surface area contributed by atoms with Gasteiger partial charge in [-0.1, -0.05) is 23.2 Å². The van der Waals surface area contributed by atoms with E-state index in [1.165, 1.54) is 6.33 Å². The number of rotatable bonds is 4. The molecule has 1 aromatic heterocycles. The van der Waals surface area contributed by atoms with Gasteiger partial charge in [-0.2, -0.15) is 0 Å². The van der Waals surface area contributed by atoms with Crippen molar-refractivity contribution in [3.63, 3.8) is 0 Å². The van der Waals surface area contributed by atoms with Gasteiger partial charge in [-0.05, 0) is 35.0 Å². The highest BCUT2D eigenvalue weighted by Gasteiger charge is 2.11. The topological polar surface area (TPSA) is 47.0 Å². The molecule has 1 heterocycles. The summed E-state index contributed by atoms with van der Waals surface area (Å²) in [5, 5.41) is 4.00. The van der Waals surface area contributed by atoms with E-state index in [-0.39, 0.29) is 0 Å². The Balaban J connectivity index is 2.27. The Bertz CT molecular complexity index is 595. The molecule has 100 valence electrons. The van der Waals surface area contributed by atoms with Crippen LogP contribution in [0.1, 0.15) is 6.92 Å². The third-order valence-corrected chi connectivity index (χ3v) is 3.66. The fraction of sp³-hybridized carbons (Fsp3) is 0.167. The first-order valence-electron chi connectivity index (χ1n) is 5.49. The first-order chi connectivity index (χ1) is 9.11. The number of halogens is 3. The van der Waals surface area contributed by atoms with Crippen LogP contribution in [0.4, 0.5) is 5.82 Å². The average Bonchev–Trinajstić information content (AvgIpc) is 2.39. The Kier molecular flexibility index (Phi) is 4.85. The summed E-state index contributed by atoms with van der Waals surface area (Å²) in [6, 6.07) is 5.01.